The number of carboxylic acid groups (broad SMARTS) is 1. The Morgan fingerprint density at radius 3 is 1.58 bits per heavy atom. The van der Waals surface area contributed by atoms with Crippen LogP contribution in [0.1, 0.15) is 41.5 Å². The molecule has 48 heavy (non-hydrogen) atoms. The maximum atomic E-state index is 12.6. The fraction of sp³-hybridized carbons (Fsp3) is 0.267. The van der Waals surface area contributed by atoms with Crippen molar-refractivity contribution in [1.29, 1.82) is 0 Å². The van der Waals surface area contributed by atoms with Crippen LogP contribution >= 0.6 is 0 Å². The molecule has 0 spiro atoms. The molecule has 6 rings (SSSR count). The van der Waals surface area contributed by atoms with Gasteiger partial charge in [0.2, 0.25) is 11.2 Å². The summed E-state index contributed by atoms with van der Waals surface area (Å²) in [6.45, 7) is -0.447. The van der Waals surface area contributed by atoms with Crippen molar-refractivity contribution in [1.82, 2.24) is 19.6 Å². The van der Waals surface area contributed by atoms with Gasteiger partial charge in [-0.15, -0.1) is 0 Å². The molecule has 6 aromatic rings. The molecule has 0 bridgehead atoms. The molecule has 2 aromatic carbocycles. The third-order valence-corrected chi connectivity index (χ3v) is 6.95. The smallest absolute Gasteiger partial charge is 0.387 e. The molecule has 252 valence electrons. The zero-order chi connectivity index (χ0) is 34.9. The first kappa shape index (κ1) is 33.4. The summed E-state index contributed by atoms with van der Waals surface area (Å²) in [6, 6.07) is 4.64. The summed E-state index contributed by atoms with van der Waals surface area (Å²) < 4.78 is 77.2. The minimum absolute atomic E-state index is 0.00139. The highest BCUT2D eigenvalue weighted by atomic mass is 19.3. The van der Waals surface area contributed by atoms with Crippen LogP contribution in [0.25, 0.3) is 43.9 Å². The molecule has 0 saturated carbocycles. The van der Waals surface area contributed by atoms with E-state index in [1.165, 1.54) is 24.5 Å². The second-order valence-corrected chi connectivity index (χ2v) is 9.63. The molecular formula is C30H24F4N4O10. The van der Waals surface area contributed by atoms with Crippen molar-refractivity contribution in [3.05, 3.63) is 68.5 Å². The number of hydrogen-bond donors (Lipinski definition) is 1. The number of esters is 1. The molecule has 18 heteroatoms. The number of furan rings is 2. The summed E-state index contributed by atoms with van der Waals surface area (Å²) in [5.74, 6) is -2.59. The number of alkyl halides is 4. The van der Waals surface area contributed by atoms with Crippen LogP contribution in [-0.2, 0) is 17.8 Å². The Hall–Kier alpha value is -5.94. The first-order valence-corrected chi connectivity index (χ1v) is 14.1. The average molecular weight is 677 g/mol. The van der Waals surface area contributed by atoms with Crippen molar-refractivity contribution in [3.8, 4) is 11.5 Å². The number of nitrogens with zero attached hydrogens (tertiary/aromatic N) is 4. The Morgan fingerprint density at radius 2 is 1.19 bits per heavy atom. The van der Waals surface area contributed by atoms with Crippen molar-refractivity contribution in [2.24, 2.45) is 0 Å². The number of aryl methyl sites for hydroxylation is 2. The van der Waals surface area contributed by atoms with Gasteiger partial charge in [-0.05, 0) is 45.0 Å². The molecule has 0 amide bonds. The van der Waals surface area contributed by atoms with Gasteiger partial charge in [0.25, 0.3) is 0 Å². The monoisotopic (exact) mass is 676 g/mol. The Bertz CT molecular complexity index is 2310. The molecule has 0 aliphatic rings. The SMILES string of the molecule is CCOC(=O)c1ccc(OC(F)F)c2oc3c(=O)n(CC)ncc3c12.CCn1ncc2c(oc3c(OC(F)F)ccc(C(=O)O)c32)c1=O. The average Bonchev–Trinajstić information content (AvgIpc) is 3.63. The molecule has 0 atom stereocenters. The summed E-state index contributed by atoms with van der Waals surface area (Å²) in [4.78, 5) is 48.1. The molecule has 14 nitrogen and oxygen atoms in total. The predicted octanol–water partition coefficient (Wildman–Crippen LogP) is 5.40. The van der Waals surface area contributed by atoms with Gasteiger partial charge >= 0.3 is 36.3 Å². The minimum Gasteiger partial charge on any atom is -0.478 e. The van der Waals surface area contributed by atoms with Gasteiger partial charge in [-0.1, -0.05) is 0 Å². The highest BCUT2D eigenvalue weighted by Crippen LogP contribution is 2.38. The van der Waals surface area contributed by atoms with Crippen molar-refractivity contribution in [2.75, 3.05) is 6.61 Å². The van der Waals surface area contributed by atoms with Crippen LogP contribution in [0, 0.1) is 0 Å². The molecule has 0 unspecified atom stereocenters. The van der Waals surface area contributed by atoms with E-state index in [1.807, 2.05) is 0 Å². The number of benzene rings is 2. The fourth-order valence-electron chi connectivity index (χ4n) is 4.95. The van der Waals surface area contributed by atoms with E-state index in [2.05, 4.69) is 19.7 Å². The number of carboxylic acids is 1. The summed E-state index contributed by atoms with van der Waals surface area (Å²) in [5, 5.41) is 17.7. The van der Waals surface area contributed by atoms with Crippen molar-refractivity contribution < 1.29 is 55.3 Å². The van der Waals surface area contributed by atoms with Crippen LogP contribution in [0.2, 0.25) is 0 Å². The summed E-state index contributed by atoms with van der Waals surface area (Å²) in [6.07, 6.45) is 2.62. The van der Waals surface area contributed by atoms with Gasteiger partial charge in [-0.25, -0.2) is 19.0 Å². The second-order valence-electron chi connectivity index (χ2n) is 9.63. The van der Waals surface area contributed by atoms with Gasteiger partial charge in [0, 0.05) is 23.9 Å². The highest BCUT2D eigenvalue weighted by molar-refractivity contribution is 6.17. The first-order valence-electron chi connectivity index (χ1n) is 14.1. The largest absolute Gasteiger partial charge is 0.478 e. The van der Waals surface area contributed by atoms with Gasteiger partial charge in [0.15, 0.2) is 22.7 Å². The summed E-state index contributed by atoms with van der Waals surface area (Å²) >= 11 is 0. The van der Waals surface area contributed by atoms with Crippen LogP contribution < -0.4 is 20.6 Å². The third-order valence-electron chi connectivity index (χ3n) is 6.95. The van der Waals surface area contributed by atoms with E-state index >= 15 is 0 Å². The van der Waals surface area contributed by atoms with E-state index in [0.29, 0.717) is 6.54 Å². The lowest BCUT2D eigenvalue weighted by Crippen LogP contribution is -2.20. The highest BCUT2D eigenvalue weighted by Gasteiger charge is 2.25. The predicted molar refractivity (Wildman–Crippen MR) is 159 cm³/mol. The van der Waals surface area contributed by atoms with Crippen molar-refractivity contribution >= 4 is 55.8 Å². The molecule has 0 aliphatic carbocycles. The number of ether oxygens (including phenoxy) is 3. The van der Waals surface area contributed by atoms with Gasteiger partial charge < -0.3 is 28.2 Å². The Balaban J connectivity index is 0.000000188. The third kappa shape index (κ3) is 5.98. The second kappa shape index (κ2) is 13.4. The first-order chi connectivity index (χ1) is 22.9. The molecule has 4 aromatic heterocycles. The fourth-order valence-corrected chi connectivity index (χ4v) is 4.95. The van der Waals surface area contributed by atoms with Crippen LogP contribution in [0.15, 0.2) is 55.1 Å². The van der Waals surface area contributed by atoms with Gasteiger partial charge in [-0.3, -0.25) is 9.59 Å². The zero-order valence-corrected chi connectivity index (χ0v) is 25.2. The molecule has 0 fully saturated rings. The van der Waals surface area contributed by atoms with E-state index < -0.39 is 36.3 Å². The van der Waals surface area contributed by atoms with Gasteiger partial charge in [-0.2, -0.15) is 27.8 Å². The van der Waals surface area contributed by atoms with Crippen molar-refractivity contribution in [2.45, 2.75) is 47.1 Å². The number of carbonyl (C=O) groups is 2. The normalized spacial score (nSPS) is 11.4. The zero-order valence-electron chi connectivity index (χ0n) is 25.2. The van der Waals surface area contributed by atoms with Crippen LogP contribution in [0.5, 0.6) is 11.5 Å². The van der Waals surface area contributed by atoms with Crippen LogP contribution in [-0.4, -0.2) is 56.4 Å². The number of aromatic nitrogens is 4. The number of rotatable bonds is 9. The van der Waals surface area contributed by atoms with E-state index in [9.17, 15) is 41.8 Å². The number of aromatic carboxylic acids is 1. The lowest BCUT2D eigenvalue weighted by atomic mass is 10.1. The molecule has 4 heterocycles. The lowest BCUT2D eigenvalue weighted by Gasteiger charge is -2.07. The minimum atomic E-state index is -3.12. The van der Waals surface area contributed by atoms with Crippen LogP contribution in [0.3, 0.4) is 0 Å². The topological polar surface area (TPSA) is 178 Å². The van der Waals surface area contributed by atoms with E-state index in [1.54, 1.807) is 20.8 Å². The number of hydrogen-bond acceptors (Lipinski definition) is 11. The lowest BCUT2D eigenvalue weighted by molar-refractivity contribution is -0.0500. The Kier molecular flexibility index (Phi) is 9.35. The molecule has 0 saturated heterocycles. The quantitative estimate of drug-likeness (QED) is 0.152. The van der Waals surface area contributed by atoms with Crippen LogP contribution in [0.4, 0.5) is 17.6 Å². The van der Waals surface area contributed by atoms with E-state index in [4.69, 9.17) is 13.6 Å². The van der Waals surface area contributed by atoms with E-state index in [-0.39, 0.29) is 79.7 Å². The number of carbonyl (C=O) groups excluding carboxylic acids is 1. The number of halogens is 4. The maximum absolute atomic E-state index is 12.6. The maximum Gasteiger partial charge on any atom is 0.387 e. The summed E-state index contributed by atoms with van der Waals surface area (Å²) in [5.41, 5.74) is -1.85. The molecular weight excluding hydrogens is 652 g/mol. The van der Waals surface area contributed by atoms with Gasteiger partial charge in [0.05, 0.1) is 40.9 Å². The molecule has 0 aliphatic heterocycles. The standard InChI is InChI=1S/C16H14F2N2O5.C14H10F2N2O5/c1-3-20-14(21)12-9(7-19-20)11-8(15(22)23-4-2)5-6-10(13(11)25-12)24-16(17)18;1-2-18-12(19)10-7(5-17-18)9-6(13(20)21)3-4-8(11(9)23-10)22-14(15)16/h5-7,16H,3-4H2,1-2H3;3-5,14H,2H2,1H3,(H,20,21). The molecule has 0 radical (unpaired) electrons. The van der Waals surface area contributed by atoms with Gasteiger partial charge in [0.1, 0.15) is 0 Å². The molecule has 1 N–H and O–H groups in total. The Morgan fingerprint density at radius 1 is 0.750 bits per heavy atom. The number of fused-ring (bicyclic) bond motifs is 6. The van der Waals surface area contributed by atoms with E-state index in [0.717, 1.165) is 21.5 Å². The van der Waals surface area contributed by atoms with Crippen molar-refractivity contribution in [3.63, 3.8) is 0 Å². The Labute approximate surface area is 264 Å². The summed E-state index contributed by atoms with van der Waals surface area (Å²) in [7, 11) is 0.